The van der Waals surface area contributed by atoms with E-state index in [0.29, 0.717) is 0 Å². The number of anilines is 1. The van der Waals surface area contributed by atoms with Crippen molar-refractivity contribution in [3.05, 3.63) is 95.6 Å². The number of hydrogen-bond acceptors (Lipinski definition) is 2. The van der Waals surface area contributed by atoms with Gasteiger partial charge in [-0.05, 0) is 43.3 Å². The van der Waals surface area contributed by atoms with Gasteiger partial charge in [-0.1, -0.05) is 48.0 Å². The van der Waals surface area contributed by atoms with Gasteiger partial charge in [-0.3, -0.25) is 4.79 Å². The van der Waals surface area contributed by atoms with Gasteiger partial charge in [0.05, 0.1) is 0 Å². The van der Waals surface area contributed by atoms with Crippen LogP contribution in [-0.4, -0.2) is 19.1 Å². The van der Waals surface area contributed by atoms with E-state index in [4.69, 9.17) is 0 Å². The fourth-order valence-corrected chi connectivity index (χ4v) is 3.06. The summed E-state index contributed by atoms with van der Waals surface area (Å²) in [5.41, 5.74) is 3.77. The monoisotopic (exact) mass is 397 g/mol. The summed E-state index contributed by atoms with van der Waals surface area (Å²) in [6.07, 6.45) is 0. The highest BCUT2D eigenvalue weighted by atomic mass is 19.3. The molecule has 6 heteroatoms. The average Bonchev–Trinajstić information content (AvgIpc) is 2.71. The summed E-state index contributed by atoms with van der Waals surface area (Å²) < 4.78 is 29.2. The summed E-state index contributed by atoms with van der Waals surface area (Å²) in [5, 5.41) is 4.80. The Morgan fingerprint density at radius 2 is 1.55 bits per heavy atom. The van der Waals surface area contributed by atoms with Crippen molar-refractivity contribution in [2.75, 3.05) is 11.9 Å². The number of amides is 1. The molecule has 3 aromatic carbocycles. The summed E-state index contributed by atoms with van der Waals surface area (Å²) in [6.45, 7) is -0.660. The molecule has 0 heterocycles. The first-order chi connectivity index (χ1) is 14.0. The maximum atomic E-state index is 12.4. The van der Waals surface area contributed by atoms with Gasteiger partial charge in [0.25, 0.3) is 5.91 Å². The third-order valence-electron chi connectivity index (χ3n) is 4.50. The van der Waals surface area contributed by atoms with Crippen LogP contribution in [0.25, 0.3) is 0 Å². The van der Waals surface area contributed by atoms with E-state index in [-0.39, 0.29) is 24.2 Å². The Kier molecular flexibility index (Phi) is 6.92. The molecule has 0 saturated heterocycles. The Labute approximate surface area is 168 Å². The predicted molar refractivity (Wildman–Crippen MR) is 108 cm³/mol. The Morgan fingerprint density at radius 3 is 2.17 bits per heavy atom. The highest BCUT2D eigenvalue weighted by Crippen LogP contribution is 2.22. The molecule has 4 nitrogen and oxygen atoms in total. The molecule has 0 aliphatic heterocycles. The molecule has 0 radical (unpaired) electrons. The van der Waals surface area contributed by atoms with Crippen LogP contribution in [0.1, 0.15) is 22.7 Å². The number of aryl methyl sites for hydroxylation is 1. The summed E-state index contributed by atoms with van der Waals surface area (Å²) in [6, 6.07) is 23.7. The van der Waals surface area contributed by atoms with E-state index in [9.17, 15) is 13.6 Å². The van der Waals surface area contributed by atoms with E-state index in [1.165, 1.54) is 12.1 Å². The van der Waals surface area contributed by atoms with Crippen LogP contribution >= 0.6 is 0 Å². The molecule has 0 aliphatic rings. The number of halogens is 2. The summed E-state index contributed by atoms with van der Waals surface area (Å²) in [5.74, 6) is -0.0138. The highest BCUT2D eigenvalue weighted by Gasteiger charge is 2.19. The lowest BCUT2D eigenvalue weighted by Crippen LogP contribution is -2.87. The van der Waals surface area contributed by atoms with Gasteiger partial charge in [0.1, 0.15) is 11.8 Å². The fourth-order valence-electron chi connectivity index (χ4n) is 3.06. The minimum absolute atomic E-state index is 0.104. The maximum absolute atomic E-state index is 12.4. The fraction of sp³-hybridized carbons (Fsp3) is 0.174. The SMILES string of the molecule is Cc1ccc(NC(=O)C[NH2+][C@@H](c2ccccc2)c2ccc(OC(F)F)cc2)cc1. The van der Waals surface area contributed by atoms with Crippen molar-refractivity contribution in [3.63, 3.8) is 0 Å². The molecule has 0 aliphatic carbocycles. The van der Waals surface area contributed by atoms with Crippen LogP contribution in [0.3, 0.4) is 0 Å². The number of benzene rings is 3. The van der Waals surface area contributed by atoms with Crippen LogP contribution in [0.15, 0.2) is 78.9 Å². The van der Waals surface area contributed by atoms with Gasteiger partial charge in [0, 0.05) is 16.8 Å². The van der Waals surface area contributed by atoms with E-state index in [2.05, 4.69) is 10.1 Å². The quantitative estimate of drug-likeness (QED) is 0.606. The molecule has 3 rings (SSSR count). The maximum Gasteiger partial charge on any atom is 0.387 e. The van der Waals surface area contributed by atoms with Crippen LogP contribution in [-0.2, 0) is 4.79 Å². The smallest absolute Gasteiger partial charge is 0.387 e. The zero-order valence-electron chi connectivity index (χ0n) is 16.0. The molecule has 3 N–H and O–H groups in total. The molecule has 0 unspecified atom stereocenters. The lowest BCUT2D eigenvalue weighted by Gasteiger charge is -2.17. The van der Waals surface area contributed by atoms with Crippen molar-refractivity contribution in [2.45, 2.75) is 19.6 Å². The molecule has 0 bridgehead atoms. The van der Waals surface area contributed by atoms with E-state index < -0.39 is 6.61 Å². The Balaban J connectivity index is 1.71. The third kappa shape index (κ3) is 6.12. The summed E-state index contributed by atoms with van der Waals surface area (Å²) in [4.78, 5) is 12.4. The minimum Gasteiger partial charge on any atom is -0.435 e. The van der Waals surface area contributed by atoms with Gasteiger partial charge in [-0.15, -0.1) is 0 Å². The molecule has 150 valence electrons. The van der Waals surface area contributed by atoms with Crippen LogP contribution < -0.4 is 15.4 Å². The largest absolute Gasteiger partial charge is 0.435 e. The lowest BCUT2D eigenvalue weighted by molar-refractivity contribution is -0.676. The van der Waals surface area contributed by atoms with Crippen molar-refractivity contribution in [3.8, 4) is 5.75 Å². The molecule has 3 aromatic rings. The zero-order valence-corrected chi connectivity index (χ0v) is 16.0. The first-order valence-corrected chi connectivity index (χ1v) is 9.31. The Hall–Kier alpha value is -3.25. The van der Waals surface area contributed by atoms with E-state index in [1.807, 2.05) is 66.8 Å². The van der Waals surface area contributed by atoms with Crippen LogP contribution in [0, 0.1) is 6.92 Å². The number of hydrogen-bond donors (Lipinski definition) is 2. The topological polar surface area (TPSA) is 54.9 Å². The number of nitrogens with two attached hydrogens (primary N) is 1. The molecule has 0 fully saturated rings. The predicted octanol–water partition coefficient (Wildman–Crippen LogP) is 3.89. The normalized spacial score (nSPS) is 11.9. The molecule has 29 heavy (non-hydrogen) atoms. The highest BCUT2D eigenvalue weighted by molar-refractivity contribution is 5.91. The van der Waals surface area contributed by atoms with Crippen molar-refractivity contribution in [1.29, 1.82) is 0 Å². The van der Waals surface area contributed by atoms with Gasteiger partial charge in [0.15, 0.2) is 6.54 Å². The number of ether oxygens (including phenoxy) is 1. The molecule has 0 spiro atoms. The Morgan fingerprint density at radius 1 is 0.931 bits per heavy atom. The average molecular weight is 397 g/mol. The molecular formula is C23H23F2N2O2+. The van der Waals surface area contributed by atoms with Crippen molar-refractivity contribution >= 4 is 11.6 Å². The molecular weight excluding hydrogens is 374 g/mol. The summed E-state index contributed by atoms with van der Waals surface area (Å²) >= 11 is 0. The van der Waals surface area contributed by atoms with Crippen molar-refractivity contribution in [2.24, 2.45) is 0 Å². The number of rotatable bonds is 8. The second-order valence-electron chi connectivity index (χ2n) is 6.69. The van der Waals surface area contributed by atoms with E-state index in [1.54, 1.807) is 12.1 Å². The molecule has 1 amide bonds. The van der Waals surface area contributed by atoms with Crippen LogP contribution in [0.5, 0.6) is 5.75 Å². The van der Waals surface area contributed by atoms with Crippen LogP contribution in [0.2, 0.25) is 0 Å². The van der Waals surface area contributed by atoms with Gasteiger partial charge in [0.2, 0.25) is 0 Å². The molecule has 0 aromatic heterocycles. The van der Waals surface area contributed by atoms with E-state index >= 15 is 0 Å². The minimum atomic E-state index is -2.86. The van der Waals surface area contributed by atoms with Gasteiger partial charge in [-0.2, -0.15) is 8.78 Å². The van der Waals surface area contributed by atoms with E-state index in [0.717, 1.165) is 22.4 Å². The zero-order chi connectivity index (χ0) is 20.6. The number of carbonyl (C=O) groups is 1. The van der Waals surface area contributed by atoms with Gasteiger partial charge in [-0.25, -0.2) is 0 Å². The lowest BCUT2D eigenvalue weighted by atomic mass is 9.98. The van der Waals surface area contributed by atoms with Gasteiger partial charge < -0.3 is 15.4 Å². The number of alkyl halides is 2. The van der Waals surface area contributed by atoms with Crippen LogP contribution in [0.4, 0.5) is 14.5 Å². The second kappa shape index (κ2) is 9.80. The number of quaternary nitrogens is 1. The summed E-state index contributed by atoms with van der Waals surface area (Å²) in [7, 11) is 0. The van der Waals surface area contributed by atoms with Crippen molar-refractivity contribution in [1.82, 2.24) is 0 Å². The molecule has 0 saturated carbocycles. The number of nitrogens with one attached hydrogen (secondary N) is 1. The molecule has 1 atom stereocenters. The second-order valence-corrected chi connectivity index (χ2v) is 6.69. The van der Waals surface area contributed by atoms with Gasteiger partial charge >= 0.3 is 6.61 Å². The first kappa shape index (κ1) is 20.5. The standard InChI is InChI=1S/C23H22F2N2O2/c1-16-7-11-19(12-8-16)27-21(28)15-26-22(17-5-3-2-4-6-17)18-9-13-20(14-10-18)29-23(24)25/h2-14,22-23,26H,15H2,1H3,(H,27,28)/p+1/t22-/m0/s1. The third-order valence-corrected chi connectivity index (χ3v) is 4.50. The van der Waals surface area contributed by atoms with Crippen molar-refractivity contribution < 1.29 is 23.6 Å². The Bertz CT molecular complexity index is 914. The first-order valence-electron chi connectivity index (χ1n) is 9.31. The number of carbonyl (C=O) groups excluding carboxylic acids is 1.